The predicted octanol–water partition coefficient (Wildman–Crippen LogP) is 4.08. The summed E-state index contributed by atoms with van der Waals surface area (Å²) in [6, 6.07) is 0. The fourth-order valence-corrected chi connectivity index (χ4v) is 3.03. The van der Waals surface area contributed by atoms with Gasteiger partial charge in [0.25, 0.3) is 10.1 Å². The highest BCUT2D eigenvalue weighted by Gasteiger charge is 2.05. The Balaban J connectivity index is 3.23. The van der Waals surface area contributed by atoms with Gasteiger partial charge in [0, 0.05) is 13.0 Å². The van der Waals surface area contributed by atoms with Crippen molar-refractivity contribution in [2.24, 2.45) is 0 Å². The number of amides is 1. The fourth-order valence-electron chi connectivity index (χ4n) is 2.52. The van der Waals surface area contributed by atoms with Crippen LogP contribution >= 0.6 is 0 Å². The first-order valence-electron chi connectivity index (χ1n) is 9.17. The standard InChI is InChI=1S/C17H35NO4S/c1-2-3-4-5-6-7-8-9-10-11-12-14-17(19)18-15-13-16-23(20,21)22/h2-16H2,1H3,(H,18,19)(H,20,21,22). The molecule has 0 fully saturated rings. The second kappa shape index (κ2) is 14.9. The maximum atomic E-state index is 11.5. The summed E-state index contributed by atoms with van der Waals surface area (Å²) in [4.78, 5) is 11.5. The van der Waals surface area contributed by atoms with Crippen LogP contribution in [0.1, 0.15) is 90.4 Å². The lowest BCUT2D eigenvalue weighted by Gasteiger charge is -2.05. The van der Waals surface area contributed by atoms with Crippen molar-refractivity contribution in [2.45, 2.75) is 90.4 Å². The van der Waals surface area contributed by atoms with E-state index in [1.807, 2.05) is 0 Å². The highest BCUT2D eigenvalue weighted by Crippen LogP contribution is 2.11. The van der Waals surface area contributed by atoms with Crippen molar-refractivity contribution in [3.63, 3.8) is 0 Å². The zero-order valence-corrected chi connectivity index (χ0v) is 15.5. The molecule has 5 nitrogen and oxygen atoms in total. The van der Waals surface area contributed by atoms with Crippen molar-refractivity contribution in [1.29, 1.82) is 0 Å². The summed E-state index contributed by atoms with van der Waals surface area (Å²) in [7, 11) is -3.91. The van der Waals surface area contributed by atoms with Crippen LogP contribution < -0.4 is 5.32 Å². The Hall–Kier alpha value is -0.620. The quantitative estimate of drug-likeness (QED) is 0.325. The topological polar surface area (TPSA) is 83.5 Å². The SMILES string of the molecule is CCCCCCCCCCCCCC(=O)NCCCS(=O)(=O)O. The minimum atomic E-state index is -3.91. The molecule has 0 unspecified atom stereocenters. The van der Waals surface area contributed by atoms with Crippen molar-refractivity contribution in [3.8, 4) is 0 Å². The molecule has 6 heteroatoms. The molecule has 2 N–H and O–H groups in total. The van der Waals surface area contributed by atoms with Crippen LogP contribution in [0.3, 0.4) is 0 Å². The molecule has 0 aromatic rings. The van der Waals surface area contributed by atoms with E-state index in [0.717, 1.165) is 12.8 Å². The third-order valence-corrected chi connectivity index (χ3v) is 4.71. The maximum Gasteiger partial charge on any atom is 0.264 e. The molecule has 0 aliphatic rings. The van der Waals surface area contributed by atoms with E-state index in [2.05, 4.69) is 12.2 Å². The Morgan fingerprint density at radius 1 is 0.826 bits per heavy atom. The van der Waals surface area contributed by atoms with Gasteiger partial charge < -0.3 is 5.32 Å². The number of hydrogen-bond acceptors (Lipinski definition) is 3. The molecule has 0 atom stereocenters. The molecular weight excluding hydrogens is 314 g/mol. The molecular formula is C17H35NO4S. The molecule has 1 amide bonds. The van der Waals surface area contributed by atoms with Crippen molar-refractivity contribution in [2.75, 3.05) is 12.3 Å². The van der Waals surface area contributed by atoms with Crippen molar-refractivity contribution in [1.82, 2.24) is 5.32 Å². The normalized spacial score (nSPS) is 11.6. The number of nitrogens with one attached hydrogen (secondary N) is 1. The Bertz CT molecular complexity index is 382. The molecule has 0 aromatic heterocycles. The van der Waals surface area contributed by atoms with Crippen molar-refractivity contribution >= 4 is 16.0 Å². The van der Waals surface area contributed by atoms with E-state index < -0.39 is 10.1 Å². The third kappa shape index (κ3) is 19.3. The maximum absolute atomic E-state index is 11.5. The zero-order chi connectivity index (χ0) is 17.4. The molecule has 138 valence electrons. The highest BCUT2D eigenvalue weighted by atomic mass is 32.2. The van der Waals surface area contributed by atoms with E-state index in [0.29, 0.717) is 13.0 Å². The highest BCUT2D eigenvalue weighted by molar-refractivity contribution is 7.85. The van der Waals surface area contributed by atoms with Gasteiger partial charge in [-0.1, -0.05) is 71.1 Å². The minimum Gasteiger partial charge on any atom is -0.356 e. The average Bonchev–Trinajstić information content (AvgIpc) is 2.48. The molecule has 0 heterocycles. The molecule has 0 bridgehead atoms. The van der Waals surface area contributed by atoms with Crippen molar-refractivity contribution < 1.29 is 17.8 Å². The van der Waals surface area contributed by atoms with Gasteiger partial charge in [0.1, 0.15) is 0 Å². The molecule has 0 rings (SSSR count). The zero-order valence-electron chi connectivity index (χ0n) is 14.7. The van der Waals surface area contributed by atoms with E-state index in [1.165, 1.54) is 57.8 Å². The molecule has 0 saturated carbocycles. The van der Waals surface area contributed by atoms with Crippen LogP contribution in [0.2, 0.25) is 0 Å². The monoisotopic (exact) mass is 349 g/mol. The summed E-state index contributed by atoms with van der Waals surface area (Å²) in [5.74, 6) is -0.331. The predicted molar refractivity (Wildman–Crippen MR) is 95.1 cm³/mol. The lowest BCUT2D eigenvalue weighted by atomic mass is 10.1. The summed E-state index contributed by atoms with van der Waals surface area (Å²) in [6.07, 6.45) is 14.5. The van der Waals surface area contributed by atoms with Gasteiger partial charge in [0.15, 0.2) is 0 Å². The minimum absolute atomic E-state index is 0.0312. The molecule has 0 aliphatic heterocycles. The molecule has 0 spiro atoms. The summed E-state index contributed by atoms with van der Waals surface area (Å²) in [5.41, 5.74) is 0. The Labute approximate surface area is 142 Å². The van der Waals surface area contributed by atoms with Crippen molar-refractivity contribution in [3.05, 3.63) is 0 Å². The van der Waals surface area contributed by atoms with Crippen LogP contribution in [0.4, 0.5) is 0 Å². The Morgan fingerprint density at radius 3 is 1.78 bits per heavy atom. The van der Waals surface area contributed by atoms with E-state index in [-0.39, 0.29) is 18.1 Å². The van der Waals surface area contributed by atoms with Gasteiger partial charge in [0.2, 0.25) is 5.91 Å². The lowest BCUT2D eigenvalue weighted by Crippen LogP contribution is -2.25. The van der Waals surface area contributed by atoms with Crippen LogP contribution in [0, 0.1) is 0 Å². The first-order chi connectivity index (χ1) is 11.0. The van der Waals surface area contributed by atoms with E-state index in [4.69, 9.17) is 4.55 Å². The van der Waals surface area contributed by atoms with Crippen LogP contribution in [0.15, 0.2) is 0 Å². The van der Waals surface area contributed by atoms with Gasteiger partial charge in [-0.2, -0.15) is 8.42 Å². The van der Waals surface area contributed by atoms with Gasteiger partial charge >= 0.3 is 0 Å². The summed E-state index contributed by atoms with van der Waals surface area (Å²) in [5, 5.41) is 2.68. The number of rotatable bonds is 16. The molecule has 0 radical (unpaired) electrons. The van der Waals surface area contributed by atoms with E-state index in [9.17, 15) is 13.2 Å². The van der Waals surface area contributed by atoms with Gasteiger partial charge in [-0.25, -0.2) is 0 Å². The first-order valence-corrected chi connectivity index (χ1v) is 10.8. The Kier molecular flexibility index (Phi) is 14.5. The summed E-state index contributed by atoms with van der Waals surface area (Å²) in [6.45, 7) is 2.54. The Morgan fingerprint density at radius 2 is 1.30 bits per heavy atom. The van der Waals surface area contributed by atoms with Gasteiger partial charge in [-0.15, -0.1) is 0 Å². The third-order valence-electron chi connectivity index (χ3n) is 3.91. The number of hydrogen-bond donors (Lipinski definition) is 2. The molecule has 0 saturated heterocycles. The lowest BCUT2D eigenvalue weighted by molar-refractivity contribution is -0.121. The first kappa shape index (κ1) is 22.4. The van der Waals surface area contributed by atoms with Gasteiger partial charge in [-0.05, 0) is 12.8 Å². The summed E-state index contributed by atoms with van der Waals surface area (Å²) < 4.78 is 29.6. The molecule has 23 heavy (non-hydrogen) atoms. The molecule has 0 aliphatic carbocycles. The van der Waals surface area contributed by atoms with Gasteiger partial charge in [-0.3, -0.25) is 9.35 Å². The second-order valence-corrected chi connectivity index (χ2v) is 7.85. The fraction of sp³-hybridized carbons (Fsp3) is 0.941. The number of unbranched alkanes of at least 4 members (excludes halogenated alkanes) is 10. The second-order valence-electron chi connectivity index (χ2n) is 6.28. The van der Waals surface area contributed by atoms with E-state index in [1.54, 1.807) is 0 Å². The number of carbonyl (C=O) groups is 1. The van der Waals surface area contributed by atoms with Crippen LogP contribution in [0.25, 0.3) is 0 Å². The largest absolute Gasteiger partial charge is 0.356 e. The smallest absolute Gasteiger partial charge is 0.264 e. The average molecular weight is 350 g/mol. The van der Waals surface area contributed by atoms with E-state index >= 15 is 0 Å². The summed E-state index contributed by atoms with van der Waals surface area (Å²) >= 11 is 0. The van der Waals surface area contributed by atoms with Crippen LogP contribution in [-0.4, -0.2) is 31.2 Å². The van der Waals surface area contributed by atoms with Crippen LogP contribution in [-0.2, 0) is 14.9 Å². The van der Waals surface area contributed by atoms with Crippen LogP contribution in [0.5, 0.6) is 0 Å². The molecule has 0 aromatic carbocycles. The number of carbonyl (C=O) groups excluding carboxylic acids is 1. The van der Waals surface area contributed by atoms with Gasteiger partial charge in [0.05, 0.1) is 5.75 Å².